The normalized spacial score (nSPS) is 10.9. The van der Waals surface area contributed by atoms with Crippen LogP contribution in [0, 0.1) is 11.9 Å². The number of pyridine rings is 3. The number of rotatable bonds is 4. The SMILES string of the molecule is CC(C)(c1cccc(C(=O)O)n1)c1cccc(-c2[c-]cncc2F)n1.[Pt]. The summed E-state index contributed by atoms with van der Waals surface area (Å²) < 4.78 is 14.0. The second kappa shape index (κ2) is 7.83. The van der Waals surface area contributed by atoms with Gasteiger partial charge in [-0.1, -0.05) is 18.2 Å². The first-order valence-corrected chi connectivity index (χ1v) is 7.59. The zero-order chi connectivity index (χ0) is 18.0. The topological polar surface area (TPSA) is 76.0 Å². The van der Waals surface area contributed by atoms with Gasteiger partial charge in [-0.05, 0) is 43.9 Å². The molecule has 0 radical (unpaired) electrons. The minimum Gasteiger partial charge on any atom is -0.477 e. The van der Waals surface area contributed by atoms with E-state index in [0.717, 1.165) is 6.20 Å². The van der Waals surface area contributed by atoms with E-state index in [2.05, 4.69) is 21.0 Å². The zero-order valence-electron chi connectivity index (χ0n) is 14.0. The molecule has 26 heavy (non-hydrogen) atoms. The van der Waals surface area contributed by atoms with Crippen LogP contribution in [0.5, 0.6) is 0 Å². The summed E-state index contributed by atoms with van der Waals surface area (Å²) in [6, 6.07) is 12.9. The molecule has 7 heteroatoms. The van der Waals surface area contributed by atoms with Crippen LogP contribution in [0.2, 0.25) is 0 Å². The minimum absolute atomic E-state index is 0. The molecule has 0 aromatic carbocycles. The maximum Gasteiger partial charge on any atom is 0.354 e. The Hall–Kier alpha value is -2.46. The van der Waals surface area contributed by atoms with Gasteiger partial charge < -0.3 is 10.1 Å². The molecule has 0 aliphatic rings. The Morgan fingerprint density at radius 3 is 2.42 bits per heavy atom. The predicted molar refractivity (Wildman–Crippen MR) is 89.6 cm³/mol. The molecule has 3 rings (SSSR count). The van der Waals surface area contributed by atoms with Crippen molar-refractivity contribution in [2.45, 2.75) is 19.3 Å². The molecule has 0 saturated carbocycles. The molecule has 0 saturated heterocycles. The molecule has 0 aliphatic heterocycles. The van der Waals surface area contributed by atoms with Gasteiger partial charge in [0.2, 0.25) is 0 Å². The molecular formula is C19H15FN3O2Pt-. The molecule has 0 aliphatic carbocycles. The van der Waals surface area contributed by atoms with Crippen molar-refractivity contribution in [3.63, 3.8) is 0 Å². The summed E-state index contributed by atoms with van der Waals surface area (Å²) in [5.41, 5.74) is 1.18. The van der Waals surface area contributed by atoms with E-state index >= 15 is 0 Å². The summed E-state index contributed by atoms with van der Waals surface area (Å²) in [7, 11) is 0. The van der Waals surface area contributed by atoms with Crippen molar-refractivity contribution in [3.8, 4) is 11.3 Å². The van der Waals surface area contributed by atoms with Gasteiger partial charge in [0.25, 0.3) is 0 Å². The van der Waals surface area contributed by atoms with E-state index in [4.69, 9.17) is 5.11 Å². The van der Waals surface area contributed by atoms with Crippen molar-refractivity contribution in [2.24, 2.45) is 0 Å². The quantitative estimate of drug-likeness (QED) is 0.522. The predicted octanol–water partition coefficient (Wildman–Crippen LogP) is 3.50. The Bertz CT molecular complexity index is 947. The van der Waals surface area contributed by atoms with Gasteiger partial charge in [-0.2, -0.15) is 6.07 Å². The van der Waals surface area contributed by atoms with E-state index in [0.29, 0.717) is 17.1 Å². The van der Waals surface area contributed by atoms with Crippen LogP contribution < -0.4 is 0 Å². The van der Waals surface area contributed by atoms with Gasteiger partial charge in [-0.3, -0.25) is 9.37 Å². The first-order chi connectivity index (χ1) is 11.9. The van der Waals surface area contributed by atoms with Gasteiger partial charge in [0, 0.05) is 44.2 Å². The number of carboxylic acids is 1. The van der Waals surface area contributed by atoms with Crippen LogP contribution in [-0.4, -0.2) is 26.0 Å². The van der Waals surface area contributed by atoms with Gasteiger partial charge in [-0.15, -0.1) is 5.56 Å². The molecule has 0 amide bonds. The van der Waals surface area contributed by atoms with E-state index in [9.17, 15) is 9.18 Å². The number of hydrogen-bond donors (Lipinski definition) is 1. The third kappa shape index (κ3) is 3.86. The van der Waals surface area contributed by atoms with Crippen molar-refractivity contribution >= 4 is 5.97 Å². The number of aromatic nitrogens is 3. The van der Waals surface area contributed by atoms with Gasteiger partial charge in [0.05, 0.1) is 5.69 Å². The second-order valence-corrected chi connectivity index (χ2v) is 6.02. The Morgan fingerprint density at radius 1 is 1.12 bits per heavy atom. The Labute approximate surface area is 164 Å². The van der Waals surface area contributed by atoms with E-state index in [-0.39, 0.29) is 32.3 Å². The molecular weight excluding hydrogens is 516 g/mol. The fourth-order valence-electron chi connectivity index (χ4n) is 2.49. The van der Waals surface area contributed by atoms with Gasteiger partial charge >= 0.3 is 5.97 Å². The molecule has 3 aromatic heterocycles. The maximum atomic E-state index is 14.0. The van der Waals surface area contributed by atoms with Crippen molar-refractivity contribution in [3.05, 3.63) is 77.8 Å². The number of aromatic carboxylic acids is 1. The largest absolute Gasteiger partial charge is 0.477 e. The number of halogens is 1. The molecule has 0 spiro atoms. The van der Waals surface area contributed by atoms with Crippen LogP contribution in [0.4, 0.5) is 4.39 Å². The molecule has 0 unspecified atom stereocenters. The molecule has 1 N–H and O–H groups in total. The van der Waals surface area contributed by atoms with Crippen LogP contribution in [0.15, 0.2) is 48.8 Å². The first-order valence-electron chi connectivity index (χ1n) is 7.59. The number of carbonyl (C=O) groups is 1. The van der Waals surface area contributed by atoms with Crippen molar-refractivity contribution in [1.82, 2.24) is 15.0 Å². The first kappa shape index (κ1) is 19.9. The summed E-state index contributed by atoms with van der Waals surface area (Å²) in [6.07, 6.45) is 2.50. The number of carboxylic acid groups (broad SMARTS) is 1. The van der Waals surface area contributed by atoms with Crippen molar-refractivity contribution in [1.29, 1.82) is 0 Å². The average Bonchev–Trinajstić information content (AvgIpc) is 2.62. The van der Waals surface area contributed by atoms with Crippen molar-refractivity contribution in [2.75, 3.05) is 0 Å². The fourth-order valence-corrected chi connectivity index (χ4v) is 2.49. The van der Waals surface area contributed by atoms with Gasteiger partial charge in [-0.25, -0.2) is 9.78 Å². The third-order valence-electron chi connectivity index (χ3n) is 3.96. The van der Waals surface area contributed by atoms with E-state index < -0.39 is 17.2 Å². The summed E-state index contributed by atoms with van der Waals surface area (Å²) in [6.45, 7) is 3.78. The summed E-state index contributed by atoms with van der Waals surface area (Å²) in [5, 5.41) is 9.14. The van der Waals surface area contributed by atoms with Crippen molar-refractivity contribution < 1.29 is 35.4 Å². The van der Waals surface area contributed by atoms with Crippen LogP contribution in [0.1, 0.15) is 35.7 Å². The second-order valence-electron chi connectivity index (χ2n) is 6.02. The van der Waals surface area contributed by atoms with Gasteiger partial charge in [0.1, 0.15) is 5.69 Å². The van der Waals surface area contributed by atoms with Crippen LogP contribution in [-0.2, 0) is 26.5 Å². The molecule has 0 fully saturated rings. The summed E-state index contributed by atoms with van der Waals surface area (Å²) >= 11 is 0. The molecule has 3 heterocycles. The monoisotopic (exact) mass is 531 g/mol. The minimum atomic E-state index is -1.09. The zero-order valence-corrected chi connectivity index (χ0v) is 16.3. The van der Waals surface area contributed by atoms with Crippen LogP contribution >= 0.6 is 0 Å². The summed E-state index contributed by atoms with van der Waals surface area (Å²) in [4.78, 5) is 23.6. The Kier molecular flexibility index (Phi) is 5.98. The molecule has 136 valence electrons. The standard InChI is InChI=1S/C19H15FN3O2.Pt/c1-19(2,17-8-4-6-15(23-17)18(24)25)16-7-3-5-14(22-16)12-9-10-21-11-13(12)20;/h3-8,10-11H,1-2H3,(H,24,25);/q-1;. The van der Waals surface area contributed by atoms with E-state index in [1.807, 2.05) is 13.8 Å². The number of hydrogen-bond acceptors (Lipinski definition) is 4. The number of nitrogens with zero attached hydrogens (tertiary/aromatic N) is 3. The Balaban J connectivity index is 0.00000243. The molecule has 5 nitrogen and oxygen atoms in total. The van der Waals surface area contributed by atoms with Crippen LogP contribution in [0.25, 0.3) is 11.3 Å². The van der Waals surface area contributed by atoms with E-state index in [1.54, 1.807) is 30.3 Å². The fraction of sp³-hybridized carbons (Fsp3) is 0.158. The molecule has 0 bridgehead atoms. The van der Waals surface area contributed by atoms with Crippen LogP contribution in [0.3, 0.4) is 0 Å². The molecule has 3 aromatic rings. The third-order valence-corrected chi connectivity index (χ3v) is 3.96. The Morgan fingerprint density at radius 2 is 1.77 bits per heavy atom. The average molecular weight is 531 g/mol. The maximum absolute atomic E-state index is 14.0. The van der Waals surface area contributed by atoms with Gasteiger partial charge in [0.15, 0.2) is 0 Å². The summed E-state index contributed by atoms with van der Waals surface area (Å²) in [5.74, 6) is -1.59. The van der Waals surface area contributed by atoms with E-state index in [1.165, 1.54) is 12.3 Å². The smallest absolute Gasteiger partial charge is 0.354 e. The molecule has 0 atom stereocenters.